The lowest BCUT2D eigenvalue weighted by Gasteiger charge is -2.23. The summed E-state index contributed by atoms with van der Waals surface area (Å²) in [7, 11) is 0. The molecule has 16 heavy (non-hydrogen) atoms. The largest absolute Gasteiger partial charge is 0.348 e. The lowest BCUT2D eigenvalue weighted by Crippen LogP contribution is -2.40. The van der Waals surface area contributed by atoms with Gasteiger partial charge in [0.05, 0.1) is 0 Å². The first-order valence-corrected chi connectivity index (χ1v) is 5.53. The Morgan fingerprint density at radius 2 is 2.31 bits per heavy atom. The summed E-state index contributed by atoms with van der Waals surface area (Å²) in [5.41, 5.74) is 0. The maximum atomic E-state index is 11.5. The fourth-order valence-corrected chi connectivity index (χ4v) is 1.89. The van der Waals surface area contributed by atoms with Crippen LogP contribution in [-0.4, -0.2) is 57.1 Å². The smallest absolute Gasteiger partial charge is 0.292 e. The summed E-state index contributed by atoms with van der Waals surface area (Å²) in [5.74, 6) is -0.187. The molecule has 1 aromatic heterocycles. The van der Waals surface area contributed by atoms with Gasteiger partial charge in [-0.3, -0.25) is 9.69 Å². The Bertz CT molecular complexity index is 332. The molecule has 1 fully saturated rings. The van der Waals surface area contributed by atoms with E-state index in [-0.39, 0.29) is 11.7 Å². The van der Waals surface area contributed by atoms with Crippen molar-refractivity contribution in [1.29, 1.82) is 0 Å². The number of H-pyrrole nitrogens is 1. The van der Waals surface area contributed by atoms with Crippen molar-refractivity contribution in [3.05, 3.63) is 5.82 Å². The maximum Gasteiger partial charge on any atom is 0.292 e. The lowest BCUT2D eigenvalue weighted by atomic mass is 10.3. The Kier molecular flexibility index (Phi) is 3.45. The molecule has 0 spiro atoms. The standard InChI is InChI=1S/C9H16N6O/c1-7(15-4-2-3-5-15)6-10-9(16)8-11-13-14-12-8/h7H,2-6H2,1H3,(H,10,16)(H,11,12,13,14). The van der Waals surface area contributed by atoms with E-state index in [4.69, 9.17) is 0 Å². The van der Waals surface area contributed by atoms with Crippen LogP contribution in [0.5, 0.6) is 0 Å². The second kappa shape index (κ2) is 5.02. The Labute approximate surface area is 93.6 Å². The number of aromatic amines is 1. The van der Waals surface area contributed by atoms with E-state index in [0.717, 1.165) is 13.1 Å². The van der Waals surface area contributed by atoms with E-state index in [2.05, 4.69) is 37.8 Å². The minimum absolute atomic E-state index is 0.0913. The third kappa shape index (κ3) is 2.54. The number of rotatable bonds is 4. The zero-order chi connectivity index (χ0) is 11.4. The molecule has 2 rings (SSSR count). The van der Waals surface area contributed by atoms with E-state index < -0.39 is 0 Å². The number of nitrogens with one attached hydrogen (secondary N) is 2. The number of tetrazole rings is 1. The first kappa shape index (κ1) is 11.0. The Hall–Kier alpha value is -1.50. The van der Waals surface area contributed by atoms with Crippen molar-refractivity contribution < 1.29 is 4.79 Å². The van der Waals surface area contributed by atoms with Crippen LogP contribution in [-0.2, 0) is 0 Å². The maximum absolute atomic E-state index is 11.5. The molecule has 88 valence electrons. The average Bonchev–Trinajstić information content (AvgIpc) is 2.95. The van der Waals surface area contributed by atoms with Crippen molar-refractivity contribution in [1.82, 2.24) is 30.8 Å². The zero-order valence-corrected chi connectivity index (χ0v) is 9.31. The fourth-order valence-electron chi connectivity index (χ4n) is 1.89. The van der Waals surface area contributed by atoms with Gasteiger partial charge in [0.2, 0.25) is 0 Å². The van der Waals surface area contributed by atoms with E-state index in [0.29, 0.717) is 12.6 Å². The topological polar surface area (TPSA) is 86.8 Å². The molecule has 7 nitrogen and oxygen atoms in total. The van der Waals surface area contributed by atoms with Crippen LogP contribution in [0.1, 0.15) is 30.4 Å². The molecule has 7 heteroatoms. The van der Waals surface area contributed by atoms with Crippen LogP contribution in [0.4, 0.5) is 0 Å². The lowest BCUT2D eigenvalue weighted by molar-refractivity contribution is 0.0930. The summed E-state index contributed by atoms with van der Waals surface area (Å²) < 4.78 is 0. The van der Waals surface area contributed by atoms with Gasteiger partial charge in [-0.2, -0.15) is 5.21 Å². The highest BCUT2D eigenvalue weighted by atomic mass is 16.2. The van der Waals surface area contributed by atoms with Gasteiger partial charge in [-0.05, 0) is 38.1 Å². The Balaban J connectivity index is 1.76. The van der Waals surface area contributed by atoms with E-state index in [1.807, 2.05) is 0 Å². The molecule has 1 unspecified atom stereocenters. The predicted molar refractivity (Wildman–Crippen MR) is 56.8 cm³/mol. The van der Waals surface area contributed by atoms with E-state index in [1.54, 1.807) is 0 Å². The highest BCUT2D eigenvalue weighted by molar-refractivity contribution is 5.89. The number of carbonyl (C=O) groups excluding carboxylic acids is 1. The second-order valence-corrected chi connectivity index (χ2v) is 4.04. The molecule has 1 saturated heterocycles. The van der Waals surface area contributed by atoms with Crippen molar-refractivity contribution in [2.75, 3.05) is 19.6 Å². The van der Waals surface area contributed by atoms with Gasteiger partial charge in [-0.15, -0.1) is 10.2 Å². The van der Waals surface area contributed by atoms with Crippen molar-refractivity contribution in [2.24, 2.45) is 0 Å². The van der Waals surface area contributed by atoms with Gasteiger partial charge in [0, 0.05) is 12.6 Å². The molecular formula is C9H16N6O. The average molecular weight is 224 g/mol. The highest BCUT2D eigenvalue weighted by Crippen LogP contribution is 2.10. The third-order valence-electron chi connectivity index (χ3n) is 2.87. The SMILES string of the molecule is CC(CNC(=O)c1nn[nH]n1)N1CCCC1. The number of hydrogen-bond acceptors (Lipinski definition) is 5. The number of likely N-dealkylation sites (tertiary alicyclic amines) is 1. The van der Waals surface area contributed by atoms with Crippen LogP contribution in [0.3, 0.4) is 0 Å². The molecular weight excluding hydrogens is 208 g/mol. The Morgan fingerprint density at radius 1 is 1.56 bits per heavy atom. The van der Waals surface area contributed by atoms with Crippen molar-refractivity contribution in [3.8, 4) is 0 Å². The molecule has 0 saturated carbocycles. The summed E-state index contributed by atoms with van der Waals surface area (Å²) in [5, 5.41) is 15.6. The monoisotopic (exact) mass is 224 g/mol. The molecule has 0 bridgehead atoms. The summed E-state index contributed by atoms with van der Waals surface area (Å²) >= 11 is 0. The quantitative estimate of drug-likeness (QED) is 0.714. The van der Waals surface area contributed by atoms with Crippen molar-refractivity contribution in [3.63, 3.8) is 0 Å². The van der Waals surface area contributed by atoms with Gasteiger partial charge in [-0.1, -0.05) is 0 Å². The van der Waals surface area contributed by atoms with E-state index in [9.17, 15) is 4.79 Å². The summed E-state index contributed by atoms with van der Waals surface area (Å²) in [6.07, 6.45) is 2.51. The van der Waals surface area contributed by atoms with Gasteiger partial charge in [-0.25, -0.2) is 0 Å². The van der Waals surface area contributed by atoms with Crippen molar-refractivity contribution in [2.45, 2.75) is 25.8 Å². The van der Waals surface area contributed by atoms with E-state index in [1.165, 1.54) is 12.8 Å². The normalized spacial score (nSPS) is 18.6. The van der Waals surface area contributed by atoms with E-state index >= 15 is 0 Å². The van der Waals surface area contributed by atoms with Crippen LogP contribution < -0.4 is 5.32 Å². The summed E-state index contributed by atoms with van der Waals surface area (Å²) in [6.45, 7) is 4.98. The predicted octanol–water partition coefficient (Wildman–Crippen LogP) is -0.586. The number of amides is 1. The molecule has 2 N–H and O–H groups in total. The number of aromatic nitrogens is 4. The van der Waals surface area contributed by atoms with Gasteiger partial charge in [0.1, 0.15) is 0 Å². The first-order valence-electron chi connectivity index (χ1n) is 5.53. The van der Waals surface area contributed by atoms with Crippen LogP contribution in [0, 0.1) is 0 Å². The van der Waals surface area contributed by atoms with Crippen LogP contribution >= 0.6 is 0 Å². The molecule has 2 heterocycles. The third-order valence-corrected chi connectivity index (χ3v) is 2.87. The highest BCUT2D eigenvalue weighted by Gasteiger charge is 2.19. The van der Waals surface area contributed by atoms with Gasteiger partial charge >= 0.3 is 0 Å². The van der Waals surface area contributed by atoms with Crippen LogP contribution in [0.25, 0.3) is 0 Å². The minimum Gasteiger partial charge on any atom is -0.348 e. The number of carbonyl (C=O) groups is 1. The molecule has 1 aliphatic rings. The zero-order valence-electron chi connectivity index (χ0n) is 9.31. The number of nitrogens with zero attached hydrogens (tertiary/aromatic N) is 4. The van der Waals surface area contributed by atoms with Gasteiger partial charge < -0.3 is 5.32 Å². The molecule has 0 aromatic carbocycles. The molecule has 1 amide bonds. The van der Waals surface area contributed by atoms with Crippen molar-refractivity contribution >= 4 is 5.91 Å². The van der Waals surface area contributed by atoms with Gasteiger partial charge in [0.15, 0.2) is 0 Å². The van der Waals surface area contributed by atoms with Crippen LogP contribution in [0.15, 0.2) is 0 Å². The molecule has 0 aliphatic carbocycles. The molecule has 1 aromatic rings. The fraction of sp³-hybridized carbons (Fsp3) is 0.778. The van der Waals surface area contributed by atoms with Crippen LogP contribution in [0.2, 0.25) is 0 Å². The second-order valence-electron chi connectivity index (χ2n) is 4.04. The first-order chi connectivity index (χ1) is 7.77. The summed E-state index contributed by atoms with van der Waals surface area (Å²) in [4.78, 5) is 13.9. The minimum atomic E-state index is -0.278. The van der Waals surface area contributed by atoms with Gasteiger partial charge in [0.25, 0.3) is 11.7 Å². The summed E-state index contributed by atoms with van der Waals surface area (Å²) in [6, 6.07) is 0.360. The molecule has 0 radical (unpaired) electrons. The molecule has 1 atom stereocenters. The number of hydrogen-bond donors (Lipinski definition) is 2. The Morgan fingerprint density at radius 3 is 2.94 bits per heavy atom. The molecule has 1 aliphatic heterocycles.